The quantitative estimate of drug-likeness (QED) is 0.548. The molecular weight excluding hydrogens is 144 g/mol. The zero-order valence-electron chi connectivity index (χ0n) is 7.46. The second-order valence-electron chi connectivity index (χ2n) is 2.74. The summed E-state index contributed by atoms with van der Waals surface area (Å²) in [6, 6.07) is 6.13. The van der Waals surface area contributed by atoms with Gasteiger partial charge < -0.3 is 0 Å². The molecule has 0 bridgehead atoms. The van der Waals surface area contributed by atoms with Crippen molar-refractivity contribution in [3.63, 3.8) is 0 Å². The number of aryl methyl sites for hydroxylation is 1. The Morgan fingerprint density at radius 2 is 2.17 bits per heavy atom. The zero-order chi connectivity index (χ0) is 8.97. The number of hydrogen-bond acceptors (Lipinski definition) is 0. The van der Waals surface area contributed by atoms with Crippen LogP contribution in [-0.4, -0.2) is 0 Å². The van der Waals surface area contributed by atoms with E-state index in [9.17, 15) is 0 Å². The molecule has 0 saturated carbocycles. The van der Waals surface area contributed by atoms with Crippen molar-refractivity contribution in [1.29, 1.82) is 0 Å². The molecule has 0 heteroatoms. The van der Waals surface area contributed by atoms with E-state index in [4.69, 9.17) is 6.42 Å². The van der Waals surface area contributed by atoms with E-state index in [1.165, 1.54) is 5.56 Å². The normalized spacial score (nSPS) is 10.1. The van der Waals surface area contributed by atoms with Gasteiger partial charge in [-0.1, -0.05) is 30.2 Å². The molecule has 1 rings (SSSR count). The van der Waals surface area contributed by atoms with E-state index in [0.717, 1.165) is 11.1 Å². The minimum atomic E-state index is 0.966. The van der Waals surface area contributed by atoms with Gasteiger partial charge in [0.25, 0.3) is 0 Å². The highest BCUT2D eigenvalue weighted by atomic mass is 14.0. The first-order chi connectivity index (χ1) is 5.77. The van der Waals surface area contributed by atoms with Crippen LogP contribution in [0.15, 0.2) is 24.3 Å². The maximum absolute atomic E-state index is 5.37. The molecule has 0 aliphatic carbocycles. The average Bonchev–Trinajstić information content (AvgIpc) is 2.08. The fourth-order valence-corrected chi connectivity index (χ4v) is 1.12. The largest absolute Gasteiger partial charge is 0.115 e. The number of terminal acetylenes is 1. The first-order valence-electron chi connectivity index (χ1n) is 3.98. The predicted octanol–water partition coefficient (Wildman–Crippen LogP) is 3.01. The third-order valence-corrected chi connectivity index (χ3v) is 1.71. The van der Waals surface area contributed by atoms with Crippen LogP contribution in [0.5, 0.6) is 0 Å². The number of allylic oxidation sites excluding steroid dienone is 1. The highest BCUT2D eigenvalue weighted by Gasteiger charge is 1.94. The van der Waals surface area contributed by atoms with Gasteiger partial charge in [0.05, 0.1) is 0 Å². The van der Waals surface area contributed by atoms with E-state index in [-0.39, 0.29) is 0 Å². The van der Waals surface area contributed by atoms with Gasteiger partial charge in [-0.05, 0) is 31.0 Å². The van der Waals surface area contributed by atoms with Crippen molar-refractivity contribution in [3.05, 3.63) is 41.0 Å². The average molecular weight is 156 g/mol. The Morgan fingerprint density at radius 3 is 2.75 bits per heavy atom. The minimum Gasteiger partial charge on any atom is -0.115 e. The summed E-state index contributed by atoms with van der Waals surface area (Å²) in [5, 5.41) is 0. The molecule has 0 spiro atoms. The molecule has 0 radical (unpaired) electrons. The molecule has 12 heavy (non-hydrogen) atoms. The molecular formula is C12H12. The minimum absolute atomic E-state index is 0.966. The summed E-state index contributed by atoms with van der Waals surface area (Å²) in [5.74, 6) is 2.67. The van der Waals surface area contributed by atoms with Crippen LogP contribution in [0.3, 0.4) is 0 Å². The van der Waals surface area contributed by atoms with E-state index in [2.05, 4.69) is 12.0 Å². The summed E-state index contributed by atoms with van der Waals surface area (Å²) >= 11 is 0. The van der Waals surface area contributed by atoms with Gasteiger partial charge in [-0.2, -0.15) is 0 Å². The second-order valence-corrected chi connectivity index (χ2v) is 2.74. The lowest BCUT2D eigenvalue weighted by Crippen LogP contribution is -1.82. The topological polar surface area (TPSA) is 0 Å². The van der Waals surface area contributed by atoms with E-state index in [1.807, 2.05) is 38.1 Å². The van der Waals surface area contributed by atoms with Crippen molar-refractivity contribution in [3.8, 4) is 12.3 Å². The first-order valence-corrected chi connectivity index (χ1v) is 3.98. The van der Waals surface area contributed by atoms with Crippen LogP contribution in [0.4, 0.5) is 0 Å². The molecule has 0 fully saturated rings. The van der Waals surface area contributed by atoms with Crippen LogP contribution in [-0.2, 0) is 0 Å². The highest BCUT2D eigenvalue weighted by Crippen LogP contribution is 2.11. The molecule has 0 saturated heterocycles. The van der Waals surface area contributed by atoms with E-state index in [0.29, 0.717) is 0 Å². The molecule has 0 nitrogen and oxygen atoms in total. The van der Waals surface area contributed by atoms with E-state index >= 15 is 0 Å². The van der Waals surface area contributed by atoms with Gasteiger partial charge in [0.15, 0.2) is 0 Å². The SMILES string of the molecule is C#Cc1cc(C)ccc1/C=C\C. The van der Waals surface area contributed by atoms with Crippen LogP contribution in [0.1, 0.15) is 23.6 Å². The Labute approximate surface area is 73.9 Å². The first kappa shape index (κ1) is 8.62. The summed E-state index contributed by atoms with van der Waals surface area (Å²) < 4.78 is 0. The van der Waals surface area contributed by atoms with E-state index in [1.54, 1.807) is 0 Å². The van der Waals surface area contributed by atoms with Crippen LogP contribution in [0.2, 0.25) is 0 Å². The van der Waals surface area contributed by atoms with Gasteiger partial charge in [-0.15, -0.1) is 6.42 Å². The highest BCUT2D eigenvalue weighted by molar-refractivity contribution is 5.59. The fourth-order valence-electron chi connectivity index (χ4n) is 1.12. The Balaban J connectivity index is 3.22. The monoisotopic (exact) mass is 156 g/mol. The molecule has 0 aliphatic heterocycles. The third-order valence-electron chi connectivity index (χ3n) is 1.71. The van der Waals surface area contributed by atoms with Gasteiger partial charge >= 0.3 is 0 Å². The molecule has 0 aliphatic rings. The summed E-state index contributed by atoms with van der Waals surface area (Å²) in [4.78, 5) is 0. The lowest BCUT2D eigenvalue weighted by Gasteiger charge is -1.99. The van der Waals surface area contributed by atoms with Gasteiger partial charge in [0.1, 0.15) is 0 Å². The maximum atomic E-state index is 5.37. The molecule has 1 aromatic carbocycles. The number of hydrogen-bond donors (Lipinski definition) is 0. The fraction of sp³-hybridized carbons (Fsp3) is 0.167. The van der Waals surface area contributed by atoms with Crippen molar-refractivity contribution >= 4 is 6.08 Å². The van der Waals surface area contributed by atoms with E-state index < -0.39 is 0 Å². The Morgan fingerprint density at radius 1 is 1.42 bits per heavy atom. The van der Waals surface area contributed by atoms with Gasteiger partial charge in [-0.25, -0.2) is 0 Å². The third kappa shape index (κ3) is 1.77. The molecule has 0 amide bonds. The van der Waals surface area contributed by atoms with Crippen molar-refractivity contribution < 1.29 is 0 Å². The van der Waals surface area contributed by atoms with Gasteiger partial charge in [-0.3, -0.25) is 0 Å². The Kier molecular flexibility index (Phi) is 2.71. The van der Waals surface area contributed by atoms with Crippen molar-refractivity contribution in [2.75, 3.05) is 0 Å². The van der Waals surface area contributed by atoms with Crippen molar-refractivity contribution in [2.45, 2.75) is 13.8 Å². The van der Waals surface area contributed by atoms with Gasteiger partial charge in [0, 0.05) is 5.56 Å². The molecule has 0 aromatic heterocycles. The lowest BCUT2D eigenvalue weighted by atomic mass is 10.0. The molecule has 0 atom stereocenters. The lowest BCUT2D eigenvalue weighted by molar-refractivity contribution is 1.44. The standard InChI is InChI=1S/C12H12/c1-4-6-12-8-7-10(3)9-11(12)5-2/h2,4,6-9H,1,3H3/b6-4-. The second kappa shape index (κ2) is 3.78. The molecule has 0 heterocycles. The Bertz CT molecular complexity index is 338. The Hall–Kier alpha value is -1.48. The predicted molar refractivity (Wildman–Crippen MR) is 53.8 cm³/mol. The molecule has 60 valence electrons. The van der Waals surface area contributed by atoms with Crippen molar-refractivity contribution in [2.24, 2.45) is 0 Å². The molecule has 0 unspecified atom stereocenters. The van der Waals surface area contributed by atoms with Crippen molar-refractivity contribution in [1.82, 2.24) is 0 Å². The zero-order valence-corrected chi connectivity index (χ0v) is 7.46. The van der Waals surface area contributed by atoms with Crippen LogP contribution in [0.25, 0.3) is 6.08 Å². The van der Waals surface area contributed by atoms with Crippen LogP contribution >= 0.6 is 0 Å². The molecule has 0 N–H and O–H groups in total. The summed E-state index contributed by atoms with van der Waals surface area (Å²) in [6.07, 6.45) is 9.38. The summed E-state index contributed by atoms with van der Waals surface area (Å²) in [6.45, 7) is 4.03. The number of benzene rings is 1. The van der Waals surface area contributed by atoms with Crippen LogP contribution in [0, 0.1) is 19.3 Å². The summed E-state index contributed by atoms with van der Waals surface area (Å²) in [7, 11) is 0. The molecule has 1 aromatic rings. The number of rotatable bonds is 1. The maximum Gasteiger partial charge on any atom is 0.0317 e. The summed E-state index contributed by atoms with van der Waals surface area (Å²) in [5.41, 5.74) is 3.29. The van der Waals surface area contributed by atoms with Crippen LogP contribution < -0.4 is 0 Å². The smallest absolute Gasteiger partial charge is 0.0317 e. The van der Waals surface area contributed by atoms with Gasteiger partial charge in [0.2, 0.25) is 0 Å².